The normalized spacial score (nSPS) is 19.6. The lowest BCUT2D eigenvalue weighted by molar-refractivity contribution is 0.00598. The zero-order valence-corrected chi connectivity index (χ0v) is 20.0. The standard InChI is InChI=1S/C24H31F2N7O/c1-15(2)20-11-27-33-21(20)29-22(32-12-18(13-32)31-9-8-24(25,26)14-31)30-23(33)28-16(3)17-6-5-7-19(10-17)34-4/h5-7,10-11,15-16,18H,8-9,12-14H2,1-4H3,(H,28,29,30)/t16-/m0/s1. The second-order valence-corrected chi connectivity index (χ2v) is 9.62. The Morgan fingerprint density at radius 1 is 1.18 bits per heavy atom. The molecule has 1 N–H and O–H groups in total. The minimum Gasteiger partial charge on any atom is -0.497 e. The Kier molecular flexibility index (Phi) is 5.79. The van der Waals surface area contributed by atoms with E-state index in [9.17, 15) is 8.78 Å². The number of nitrogens with one attached hydrogen (secondary N) is 1. The largest absolute Gasteiger partial charge is 0.497 e. The third kappa shape index (κ3) is 4.26. The van der Waals surface area contributed by atoms with Gasteiger partial charge in [-0.25, -0.2) is 8.78 Å². The molecule has 2 aromatic heterocycles. The lowest BCUT2D eigenvalue weighted by Crippen LogP contribution is -2.59. The van der Waals surface area contributed by atoms with Crippen LogP contribution in [0.5, 0.6) is 5.75 Å². The van der Waals surface area contributed by atoms with Crippen molar-refractivity contribution in [1.82, 2.24) is 24.5 Å². The molecule has 34 heavy (non-hydrogen) atoms. The van der Waals surface area contributed by atoms with E-state index in [-0.39, 0.29) is 31.0 Å². The molecule has 0 bridgehead atoms. The summed E-state index contributed by atoms with van der Waals surface area (Å²) in [5.41, 5.74) is 2.86. The molecule has 2 saturated heterocycles. The predicted octanol–water partition coefficient (Wildman–Crippen LogP) is 3.96. The first kappa shape index (κ1) is 22.8. The number of aromatic nitrogens is 4. The summed E-state index contributed by atoms with van der Waals surface area (Å²) in [4.78, 5) is 13.6. The Bertz CT molecular complexity index is 1180. The summed E-state index contributed by atoms with van der Waals surface area (Å²) in [5.74, 6) is -0.344. The third-order valence-electron chi connectivity index (χ3n) is 6.81. The van der Waals surface area contributed by atoms with Crippen LogP contribution in [0, 0.1) is 0 Å². The lowest BCUT2D eigenvalue weighted by atomic mass is 10.1. The molecule has 0 unspecified atom stereocenters. The minimum absolute atomic E-state index is 0.0521. The fraction of sp³-hybridized carbons (Fsp3) is 0.542. The van der Waals surface area contributed by atoms with Crippen molar-refractivity contribution in [2.75, 3.05) is 43.5 Å². The second kappa shape index (κ2) is 8.65. The molecule has 8 nitrogen and oxygen atoms in total. The van der Waals surface area contributed by atoms with E-state index >= 15 is 0 Å². The molecule has 0 spiro atoms. The monoisotopic (exact) mass is 471 g/mol. The summed E-state index contributed by atoms with van der Waals surface area (Å²) in [6.07, 6.45) is 1.78. The number of rotatable bonds is 7. The number of hydrogen-bond acceptors (Lipinski definition) is 7. The Balaban J connectivity index is 1.41. The van der Waals surface area contributed by atoms with Gasteiger partial charge in [0.2, 0.25) is 11.9 Å². The highest BCUT2D eigenvalue weighted by molar-refractivity contribution is 5.57. The van der Waals surface area contributed by atoms with Crippen LogP contribution in [-0.2, 0) is 0 Å². The zero-order chi connectivity index (χ0) is 24.0. The molecule has 0 aliphatic carbocycles. The molecule has 0 radical (unpaired) electrons. The first-order chi connectivity index (χ1) is 16.2. The van der Waals surface area contributed by atoms with Crippen LogP contribution in [0.1, 0.15) is 50.3 Å². The highest BCUT2D eigenvalue weighted by Crippen LogP contribution is 2.33. The van der Waals surface area contributed by atoms with E-state index in [1.165, 1.54) is 0 Å². The molecule has 4 heterocycles. The van der Waals surface area contributed by atoms with E-state index < -0.39 is 5.92 Å². The topological polar surface area (TPSA) is 70.8 Å². The van der Waals surface area contributed by atoms with Crippen molar-refractivity contribution in [1.29, 1.82) is 0 Å². The van der Waals surface area contributed by atoms with E-state index in [2.05, 4.69) is 36.1 Å². The number of hydrogen-bond donors (Lipinski definition) is 1. The van der Waals surface area contributed by atoms with Gasteiger partial charge in [-0.3, -0.25) is 4.90 Å². The van der Waals surface area contributed by atoms with Gasteiger partial charge in [-0.05, 0) is 30.5 Å². The molecule has 3 aromatic rings. The van der Waals surface area contributed by atoms with Crippen LogP contribution >= 0.6 is 0 Å². The summed E-state index contributed by atoms with van der Waals surface area (Å²) in [5, 5.41) is 8.04. The first-order valence-corrected chi connectivity index (χ1v) is 11.8. The zero-order valence-electron chi connectivity index (χ0n) is 20.0. The highest BCUT2D eigenvalue weighted by Gasteiger charge is 2.44. The van der Waals surface area contributed by atoms with Crippen LogP contribution in [-0.4, -0.2) is 69.7 Å². The Morgan fingerprint density at radius 3 is 2.65 bits per heavy atom. The molecule has 10 heteroatoms. The van der Waals surface area contributed by atoms with Crippen molar-refractivity contribution in [3.8, 4) is 5.75 Å². The summed E-state index contributed by atoms with van der Waals surface area (Å²) >= 11 is 0. The van der Waals surface area contributed by atoms with Crippen LogP contribution in [0.2, 0.25) is 0 Å². The van der Waals surface area contributed by atoms with Gasteiger partial charge >= 0.3 is 0 Å². The van der Waals surface area contributed by atoms with Crippen molar-refractivity contribution in [2.45, 2.75) is 51.1 Å². The van der Waals surface area contributed by atoms with Gasteiger partial charge in [0.25, 0.3) is 5.92 Å². The number of halogens is 2. The number of anilines is 2. The van der Waals surface area contributed by atoms with Crippen molar-refractivity contribution >= 4 is 17.5 Å². The second-order valence-electron chi connectivity index (χ2n) is 9.62. The van der Waals surface area contributed by atoms with Crippen molar-refractivity contribution in [3.63, 3.8) is 0 Å². The van der Waals surface area contributed by atoms with Crippen molar-refractivity contribution < 1.29 is 13.5 Å². The van der Waals surface area contributed by atoms with Gasteiger partial charge in [-0.1, -0.05) is 26.0 Å². The maximum Gasteiger partial charge on any atom is 0.261 e. The molecule has 0 saturated carbocycles. The molecular formula is C24H31F2N7O. The van der Waals surface area contributed by atoms with Crippen LogP contribution in [0.4, 0.5) is 20.7 Å². The van der Waals surface area contributed by atoms with Gasteiger partial charge in [0.05, 0.1) is 25.9 Å². The fourth-order valence-electron chi connectivity index (χ4n) is 4.64. The smallest absolute Gasteiger partial charge is 0.261 e. The summed E-state index contributed by atoms with van der Waals surface area (Å²) < 4.78 is 34.4. The van der Waals surface area contributed by atoms with Crippen LogP contribution in [0.3, 0.4) is 0 Å². The number of benzene rings is 1. The van der Waals surface area contributed by atoms with Crippen LogP contribution < -0.4 is 15.0 Å². The lowest BCUT2D eigenvalue weighted by Gasteiger charge is -2.44. The average molecular weight is 472 g/mol. The van der Waals surface area contributed by atoms with Gasteiger partial charge in [0.1, 0.15) is 5.75 Å². The predicted molar refractivity (Wildman–Crippen MR) is 127 cm³/mol. The first-order valence-electron chi connectivity index (χ1n) is 11.8. The van der Waals surface area contributed by atoms with Crippen LogP contribution in [0.25, 0.3) is 5.65 Å². The van der Waals surface area contributed by atoms with Crippen molar-refractivity contribution in [2.24, 2.45) is 0 Å². The van der Waals surface area contributed by atoms with Gasteiger partial charge in [-0.15, -0.1) is 0 Å². The molecule has 2 fully saturated rings. The molecule has 2 aliphatic rings. The quantitative estimate of drug-likeness (QED) is 0.559. The Labute approximate surface area is 197 Å². The maximum atomic E-state index is 13.7. The van der Waals surface area contributed by atoms with Gasteiger partial charge < -0.3 is 15.0 Å². The number of alkyl halides is 2. The SMILES string of the molecule is COc1cccc([C@H](C)Nc2nc(N3CC(N4CCC(F)(F)C4)C3)nc3c(C(C)C)cnn23)c1. The van der Waals surface area contributed by atoms with Crippen molar-refractivity contribution in [3.05, 3.63) is 41.6 Å². The summed E-state index contributed by atoms with van der Waals surface area (Å²) in [6.45, 7) is 7.84. The van der Waals surface area contributed by atoms with Gasteiger partial charge in [0, 0.05) is 37.7 Å². The third-order valence-corrected chi connectivity index (χ3v) is 6.81. The fourth-order valence-corrected chi connectivity index (χ4v) is 4.64. The van der Waals surface area contributed by atoms with Crippen LogP contribution in [0.15, 0.2) is 30.5 Å². The highest BCUT2D eigenvalue weighted by atomic mass is 19.3. The Morgan fingerprint density at radius 2 is 1.97 bits per heavy atom. The van der Waals surface area contributed by atoms with E-state index in [1.54, 1.807) is 11.6 Å². The molecule has 2 aliphatic heterocycles. The Hall–Kier alpha value is -3.01. The maximum absolute atomic E-state index is 13.7. The minimum atomic E-state index is -2.58. The van der Waals surface area contributed by atoms with Gasteiger partial charge in [0.15, 0.2) is 5.65 Å². The molecule has 1 aromatic carbocycles. The molecule has 1 atom stereocenters. The van der Waals surface area contributed by atoms with Gasteiger partial charge in [-0.2, -0.15) is 19.6 Å². The van der Waals surface area contributed by atoms with E-state index in [4.69, 9.17) is 14.7 Å². The van der Waals surface area contributed by atoms with E-state index in [1.807, 2.05) is 35.4 Å². The number of methoxy groups -OCH3 is 1. The molecular weight excluding hydrogens is 440 g/mol. The molecule has 182 valence electrons. The number of nitrogens with zero attached hydrogens (tertiary/aromatic N) is 6. The van der Waals surface area contributed by atoms with E-state index in [0.29, 0.717) is 31.5 Å². The average Bonchev–Trinajstić information content (AvgIpc) is 3.36. The summed E-state index contributed by atoms with van der Waals surface area (Å²) in [7, 11) is 1.65. The number of likely N-dealkylation sites (tertiary alicyclic amines) is 1. The number of ether oxygens (including phenoxy) is 1. The molecule has 5 rings (SSSR count). The van der Waals surface area contributed by atoms with E-state index in [0.717, 1.165) is 22.5 Å². The molecule has 0 amide bonds. The summed E-state index contributed by atoms with van der Waals surface area (Å²) in [6, 6.07) is 7.95. The number of fused-ring (bicyclic) bond motifs is 1.